The minimum absolute atomic E-state index is 0.211. The van der Waals surface area contributed by atoms with E-state index in [1.165, 1.54) is 29.2 Å². The molecule has 0 spiro atoms. The van der Waals surface area contributed by atoms with Gasteiger partial charge >= 0.3 is 6.36 Å². The number of hydrogen-bond donors (Lipinski definition) is 1. The Balaban J connectivity index is 1.37. The number of anilines is 2. The van der Waals surface area contributed by atoms with E-state index in [2.05, 4.69) is 15.0 Å². The Morgan fingerprint density at radius 3 is 2.55 bits per heavy atom. The number of amides is 1. The van der Waals surface area contributed by atoms with Crippen molar-refractivity contribution < 1.29 is 22.7 Å². The molecule has 0 radical (unpaired) electrons. The van der Waals surface area contributed by atoms with E-state index in [0.717, 1.165) is 22.0 Å². The van der Waals surface area contributed by atoms with E-state index in [4.69, 9.17) is 0 Å². The maximum absolute atomic E-state index is 13.2. The smallest absolute Gasteiger partial charge is 0.406 e. The van der Waals surface area contributed by atoms with Crippen molar-refractivity contribution in [3.8, 4) is 5.75 Å². The standard InChI is InChI=1S/C25H18F3N3O2/c26-25(27,28)33-19-10-8-18(9-11-19)31-15-17-4-3-7-22(23(17)24(31)32)30-14-16-12-13-29-21-6-2-1-5-20(16)21/h1-13,30H,14-15H2. The topological polar surface area (TPSA) is 54.5 Å². The zero-order valence-corrected chi connectivity index (χ0v) is 17.3. The number of aromatic nitrogens is 1. The first-order chi connectivity index (χ1) is 15.9. The molecule has 0 fully saturated rings. The molecular formula is C25H18F3N3O2. The van der Waals surface area contributed by atoms with E-state index in [9.17, 15) is 18.0 Å². The molecule has 1 aliphatic heterocycles. The largest absolute Gasteiger partial charge is 0.573 e. The number of carbonyl (C=O) groups is 1. The number of ether oxygens (including phenoxy) is 1. The summed E-state index contributed by atoms with van der Waals surface area (Å²) in [6.45, 7) is 0.845. The highest BCUT2D eigenvalue weighted by Gasteiger charge is 2.33. The summed E-state index contributed by atoms with van der Waals surface area (Å²) in [6, 6.07) is 20.7. The first-order valence-electron chi connectivity index (χ1n) is 10.2. The molecule has 8 heteroatoms. The number of hydrogen-bond acceptors (Lipinski definition) is 4. The van der Waals surface area contributed by atoms with Gasteiger partial charge in [-0.2, -0.15) is 0 Å². The second-order valence-electron chi connectivity index (χ2n) is 7.61. The first-order valence-corrected chi connectivity index (χ1v) is 10.2. The first kappa shape index (κ1) is 20.8. The Labute approximate surface area is 187 Å². The molecule has 33 heavy (non-hydrogen) atoms. The quantitative estimate of drug-likeness (QED) is 0.412. The van der Waals surface area contributed by atoms with Crippen molar-refractivity contribution in [3.05, 3.63) is 95.7 Å². The summed E-state index contributed by atoms with van der Waals surface area (Å²) in [5.41, 5.74) is 4.57. The fourth-order valence-corrected chi connectivity index (χ4v) is 4.04. The van der Waals surface area contributed by atoms with Gasteiger partial charge in [0.25, 0.3) is 5.91 Å². The number of pyridine rings is 1. The molecule has 3 aromatic carbocycles. The third-order valence-electron chi connectivity index (χ3n) is 5.53. The van der Waals surface area contributed by atoms with Crippen LogP contribution >= 0.6 is 0 Å². The van der Waals surface area contributed by atoms with Crippen LogP contribution in [0.25, 0.3) is 10.9 Å². The molecule has 5 rings (SSSR count). The SMILES string of the molecule is O=C1c2c(cccc2NCc2ccnc3ccccc23)CN1c1ccc(OC(F)(F)F)cc1. The van der Waals surface area contributed by atoms with Crippen molar-refractivity contribution in [1.82, 2.24) is 4.98 Å². The number of alkyl halides is 3. The lowest BCUT2D eigenvalue weighted by molar-refractivity contribution is -0.274. The summed E-state index contributed by atoms with van der Waals surface area (Å²) in [5.74, 6) is -0.542. The summed E-state index contributed by atoms with van der Waals surface area (Å²) in [5, 5.41) is 4.41. The Morgan fingerprint density at radius 1 is 0.970 bits per heavy atom. The van der Waals surface area contributed by atoms with Gasteiger partial charge in [-0.15, -0.1) is 13.2 Å². The zero-order chi connectivity index (χ0) is 23.0. The lowest BCUT2D eigenvalue weighted by atomic mass is 10.1. The Hall–Kier alpha value is -4.07. The summed E-state index contributed by atoms with van der Waals surface area (Å²) < 4.78 is 41.2. The minimum atomic E-state index is -4.76. The molecule has 4 aromatic rings. The van der Waals surface area contributed by atoms with E-state index >= 15 is 0 Å². The zero-order valence-electron chi connectivity index (χ0n) is 17.3. The highest BCUT2D eigenvalue weighted by molar-refractivity contribution is 6.13. The number of rotatable bonds is 5. The van der Waals surface area contributed by atoms with Crippen molar-refractivity contribution in [3.63, 3.8) is 0 Å². The van der Waals surface area contributed by atoms with Gasteiger partial charge in [-0.1, -0.05) is 30.3 Å². The molecule has 0 saturated heterocycles. The number of fused-ring (bicyclic) bond motifs is 2. The molecule has 1 N–H and O–H groups in total. The maximum atomic E-state index is 13.2. The van der Waals surface area contributed by atoms with Crippen LogP contribution in [0.15, 0.2) is 79.0 Å². The lowest BCUT2D eigenvalue weighted by Crippen LogP contribution is -2.23. The molecule has 0 atom stereocenters. The number of nitrogens with one attached hydrogen (secondary N) is 1. The number of carbonyl (C=O) groups excluding carboxylic acids is 1. The highest BCUT2D eigenvalue weighted by atomic mass is 19.4. The highest BCUT2D eigenvalue weighted by Crippen LogP contribution is 2.34. The second kappa shape index (κ2) is 8.12. The Bertz CT molecular complexity index is 1330. The minimum Gasteiger partial charge on any atom is -0.406 e. The summed E-state index contributed by atoms with van der Waals surface area (Å²) >= 11 is 0. The van der Waals surface area contributed by atoms with Gasteiger partial charge in [0.2, 0.25) is 0 Å². The molecule has 1 aliphatic rings. The van der Waals surface area contributed by atoms with E-state index in [0.29, 0.717) is 30.0 Å². The van der Waals surface area contributed by atoms with Crippen LogP contribution < -0.4 is 15.0 Å². The van der Waals surface area contributed by atoms with Crippen LogP contribution in [0.1, 0.15) is 21.5 Å². The summed E-state index contributed by atoms with van der Waals surface area (Å²) in [4.78, 5) is 19.1. The Kier molecular flexibility index (Phi) is 5.12. The van der Waals surface area contributed by atoms with Crippen LogP contribution in [-0.2, 0) is 13.1 Å². The molecule has 0 saturated carbocycles. The van der Waals surface area contributed by atoms with Gasteiger partial charge in [0, 0.05) is 29.5 Å². The van der Waals surface area contributed by atoms with Crippen molar-refractivity contribution in [1.29, 1.82) is 0 Å². The van der Waals surface area contributed by atoms with Gasteiger partial charge in [0.15, 0.2) is 0 Å². The monoisotopic (exact) mass is 449 g/mol. The molecule has 0 unspecified atom stereocenters. The summed E-state index contributed by atoms with van der Waals surface area (Å²) in [6.07, 6.45) is -3.00. The fourth-order valence-electron chi connectivity index (χ4n) is 4.04. The van der Waals surface area contributed by atoms with Gasteiger partial charge < -0.3 is 15.0 Å². The number of halogens is 3. The van der Waals surface area contributed by atoms with Crippen molar-refractivity contribution in [2.75, 3.05) is 10.2 Å². The third kappa shape index (κ3) is 4.19. The van der Waals surface area contributed by atoms with Crippen molar-refractivity contribution in [2.45, 2.75) is 19.5 Å². The van der Waals surface area contributed by atoms with E-state index in [1.54, 1.807) is 6.20 Å². The molecule has 1 amide bonds. The molecule has 1 aromatic heterocycles. The molecule has 2 heterocycles. The lowest BCUT2D eigenvalue weighted by Gasteiger charge is -2.17. The average molecular weight is 449 g/mol. The molecule has 0 aliphatic carbocycles. The van der Waals surface area contributed by atoms with Crippen LogP contribution in [0, 0.1) is 0 Å². The predicted octanol–water partition coefficient (Wildman–Crippen LogP) is 5.91. The maximum Gasteiger partial charge on any atom is 0.573 e. The van der Waals surface area contributed by atoms with Crippen LogP contribution in [-0.4, -0.2) is 17.3 Å². The van der Waals surface area contributed by atoms with Gasteiger partial charge in [-0.25, -0.2) is 0 Å². The number of nitrogens with zero attached hydrogens (tertiary/aromatic N) is 2. The second-order valence-corrected chi connectivity index (χ2v) is 7.61. The third-order valence-corrected chi connectivity index (χ3v) is 5.53. The molecule has 5 nitrogen and oxygen atoms in total. The van der Waals surface area contributed by atoms with Crippen LogP contribution in [0.3, 0.4) is 0 Å². The molecular weight excluding hydrogens is 431 g/mol. The fraction of sp³-hybridized carbons (Fsp3) is 0.120. The number of benzene rings is 3. The van der Waals surface area contributed by atoms with E-state index < -0.39 is 6.36 Å². The molecule has 0 bridgehead atoms. The predicted molar refractivity (Wildman–Crippen MR) is 119 cm³/mol. The van der Waals surface area contributed by atoms with Crippen LogP contribution in [0.2, 0.25) is 0 Å². The number of para-hydroxylation sites is 1. The van der Waals surface area contributed by atoms with Gasteiger partial charge in [0.05, 0.1) is 17.6 Å². The van der Waals surface area contributed by atoms with Gasteiger partial charge in [0.1, 0.15) is 5.75 Å². The average Bonchev–Trinajstić information content (AvgIpc) is 3.14. The summed E-state index contributed by atoms with van der Waals surface area (Å²) in [7, 11) is 0. The van der Waals surface area contributed by atoms with Crippen LogP contribution in [0.5, 0.6) is 5.75 Å². The normalized spacial score (nSPS) is 13.3. The van der Waals surface area contributed by atoms with Crippen molar-refractivity contribution >= 4 is 28.2 Å². The van der Waals surface area contributed by atoms with E-state index in [-0.39, 0.29) is 11.7 Å². The van der Waals surface area contributed by atoms with Crippen molar-refractivity contribution in [2.24, 2.45) is 0 Å². The van der Waals surface area contributed by atoms with Gasteiger partial charge in [-0.05, 0) is 53.6 Å². The van der Waals surface area contributed by atoms with Gasteiger partial charge in [-0.3, -0.25) is 9.78 Å². The molecule has 166 valence electrons. The van der Waals surface area contributed by atoms with Crippen LogP contribution in [0.4, 0.5) is 24.5 Å². The van der Waals surface area contributed by atoms with E-state index in [1.807, 2.05) is 48.5 Å². The Morgan fingerprint density at radius 2 is 1.76 bits per heavy atom.